The van der Waals surface area contributed by atoms with Crippen molar-refractivity contribution < 1.29 is 13.9 Å². The zero-order valence-corrected chi connectivity index (χ0v) is 11.9. The third-order valence-electron chi connectivity index (χ3n) is 3.55. The summed E-state index contributed by atoms with van der Waals surface area (Å²) in [5.74, 6) is 1.43. The van der Waals surface area contributed by atoms with Crippen LogP contribution < -0.4 is 14.8 Å². The Morgan fingerprint density at radius 2 is 2.05 bits per heavy atom. The predicted molar refractivity (Wildman–Crippen MR) is 79.0 cm³/mol. The lowest BCUT2D eigenvalue weighted by Gasteiger charge is -2.15. The second kappa shape index (κ2) is 6.14. The van der Waals surface area contributed by atoms with Gasteiger partial charge in [0.1, 0.15) is 5.82 Å². The Morgan fingerprint density at radius 3 is 2.90 bits per heavy atom. The van der Waals surface area contributed by atoms with Crippen molar-refractivity contribution in [1.29, 1.82) is 0 Å². The molecule has 1 unspecified atom stereocenters. The fraction of sp³-hybridized carbons (Fsp3) is 0.294. The first-order valence-corrected chi connectivity index (χ1v) is 7.07. The minimum atomic E-state index is -0.189. The van der Waals surface area contributed by atoms with Gasteiger partial charge >= 0.3 is 0 Å². The van der Waals surface area contributed by atoms with Gasteiger partial charge in [0.2, 0.25) is 6.79 Å². The number of hydrogen-bond acceptors (Lipinski definition) is 3. The number of halogens is 1. The molecule has 2 aromatic rings. The van der Waals surface area contributed by atoms with Crippen molar-refractivity contribution in [3.63, 3.8) is 0 Å². The van der Waals surface area contributed by atoms with Crippen molar-refractivity contribution in [3.05, 3.63) is 59.4 Å². The van der Waals surface area contributed by atoms with E-state index in [0.717, 1.165) is 29.0 Å². The lowest BCUT2D eigenvalue weighted by Crippen LogP contribution is -2.27. The number of nitrogens with one attached hydrogen (secondary N) is 1. The molecule has 0 bridgehead atoms. The highest BCUT2D eigenvalue weighted by Gasteiger charge is 2.17. The molecule has 0 radical (unpaired) electrons. The summed E-state index contributed by atoms with van der Waals surface area (Å²) in [6, 6.07) is 12.9. The molecule has 1 heterocycles. The highest BCUT2D eigenvalue weighted by atomic mass is 19.1. The number of para-hydroxylation sites is 1. The zero-order chi connectivity index (χ0) is 14.7. The van der Waals surface area contributed by atoms with Gasteiger partial charge in [-0.25, -0.2) is 4.39 Å². The molecular formula is C17H18FNO2. The average Bonchev–Trinajstić information content (AvgIpc) is 2.94. The molecule has 0 aromatic heterocycles. The maximum absolute atomic E-state index is 13.2. The van der Waals surface area contributed by atoms with Gasteiger partial charge < -0.3 is 14.8 Å². The third kappa shape index (κ3) is 3.34. The first kappa shape index (κ1) is 13.9. The molecule has 1 N–H and O–H groups in total. The van der Waals surface area contributed by atoms with Crippen LogP contribution in [0.5, 0.6) is 11.5 Å². The van der Waals surface area contributed by atoms with Gasteiger partial charge in [-0.15, -0.1) is 0 Å². The summed E-state index contributed by atoms with van der Waals surface area (Å²) in [5, 5.41) is 3.44. The van der Waals surface area contributed by atoms with Crippen LogP contribution in [0.4, 0.5) is 4.39 Å². The number of ether oxygens (including phenoxy) is 2. The zero-order valence-electron chi connectivity index (χ0n) is 11.9. The predicted octanol–water partition coefficient (Wildman–Crippen LogP) is 3.28. The topological polar surface area (TPSA) is 30.5 Å². The van der Waals surface area contributed by atoms with Crippen molar-refractivity contribution >= 4 is 0 Å². The number of hydrogen-bond donors (Lipinski definition) is 1. The van der Waals surface area contributed by atoms with Crippen LogP contribution in [0.15, 0.2) is 42.5 Å². The van der Waals surface area contributed by atoms with Crippen molar-refractivity contribution in [1.82, 2.24) is 5.32 Å². The van der Waals surface area contributed by atoms with E-state index in [2.05, 4.69) is 12.2 Å². The SMILES string of the molecule is CC(Cc1cccc(F)c1)NCc1cccc2c1OCO2. The number of fused-ring (bicyclic) bond motifs is 1. The molecule has 4 heteroatoms. The molecule has 0 saturated heterocycles. The van der Waals surface area contributed by atoms with Gasteiger partial charge in [0.05, 0.1) is 0 Å². The summed E-state index contributed by atoms with van der Waals surface area (Å²) >= 11 is 0. The molecule has 0 amide bonds. The molecule has 1 aliphatic rings. The van der Waals surface area contributed by atoms with Gasteiger partial charge in [0.15, 0.2) is 11.5 Å². The molecule has 0 spiro atoms. The molecule has 110 valence electrons. The first-order valence-electron chi connectivity index (χ1n) is 7.07. The second-order valence-electron chi connectivity index (χ2n) is 5.27. The van der Waals surface area contributed by atoms with E-state index in [1.165, 1.54) is 6.07 Å². The molecule has 0 aliphatic carbocycles. The second-order valence-corrected chi connectivity index (χ2v) is 5.27. The molecule has 1 aliphatic heterocycles. The normalized spacial score (nSPS) is 14.2. The Bertz CT molecular complexity index is 630. The summed E-state index contributed by atoms with van der Waals surface area (Å²) in [5.41, 5.74) is 2.07. The van der Waals surface area contributed by atoms with Crippen LogP contribution in [0.25, 0.3) is 0 Å². The first-order chi connectivity index (χ1) is 10.2. The molecule has 0 fully saturated rings. The Balaban J connectivity index is 1.59. The van der Waals surface area contributed by atoms with E-state index in [9.17, 15) is 4.39 Å². The van der Waals surface area contributed by atoms with Crippen molar-refractivity contribution in [2.45, 2.75) is 25.9 Å². The summed E-state index contributed by atoms with van der Waals surface area (Å²) in [6.45, 7) is 3.07. The van der Waals surface area contributed by atoms with Crippen LogP contribution >= 0.6 is 0 Å². The Morgan fingerprint density at radius 1 is 1.19 bits per heavy atom. The molecule has 2 aromatic carbocycles. The van der Waals surface area contributed by atoms with Crippen LogP contribution in [0.3, 0.4) is 0 Å². The van der Waals surface area contributed by atoms with Crippen LogP contribution in [0, 0.1) is 5.82 Å². The third-order valence-corrected chi connectivity index (χ3v) is 3.55. The number of benzene rings is 2. The Kier molecular flexibility index (Phi) is 4.06. The van der Waals surface area contributed by atoms with Crippen LogP contribution in [-0.2, 0) is 13.0 Å². The van der Waals surface area contributed by atoms with E-state index in [0.29, 0.717) is 6.54 Å². The summed E-state index contributed by atoms with van der Waals surface area (Å²) in [4.78, 5) is 0. The van der Waals surface area contributed by atoms with Crippen molar-refractivity contribution in [2.24, 2.45) is 0 Å². The van der Waals surface area contributed by atoms with Crippen LogP contribution in [-0.4, -0.2) is 12.8 Å². The standard InChI is InChI=1S/C17H18FNO2/c1-12(8-13-4-2-6-15(18)9-13)19-10-14-5-3-7-16-17(14)21-11-20-16/h2-7,9,12,19H,8,10-11H2,1H3. The van der Waals surface area contributed by atoms with Gasteiger partial charge in [-0.2, -0.15) is 0 Å². The molecule has 3 rings (SSSR count). The Hall–Kier alpha value is -2.07. The van der Waals surface area contributed by atoms with Gasteiger partial charge in [-0.1, -0.05) is 24.3 Å². The lowest BCUT2D eigenvalue weighted by molar-refractivity contribution is 0.173. The molecule has 21 heavy (non-hydrogen) atoms. The summed E-state index contributed by atoms with van der Waals surface area (Å²) < 4.78 is 24.0. The number of rotatable bonds is 5. The van der Waals surface area contributed by atoms with Crippen LogP contribution in [0.2, 0.25) is 0 Å². The summed E-state index contributed by atoms with van der Waals surface area (Å²) in [6.07, 6.45) is 0.782. The van der Waals surface area contributed by atoms with E-state index in [-0.39, 0.29) is 18.7 Å². The summed E-state index contributed by atoms with van der Waals surface area (Å²) in [7, 11) is 0. The highest BCUT2D eigenvalue weighted by Crippen LogP contribution is 2.35. The highest BCUT2D eigenvalue weighted by molar-refractivity contribution is 5.48. The van der Waals surface area contributed by atoms with E-state index in [1.807, 2.05) is 24.3 Å². The minimum Gasteiger partial charge on any atom is -0.454 e. The maximum Gasteiger partial charge on any atom is 0.231 e. The Labute approximate surface area is 123 Å². The quantitative estimate of drug-likeness (QED) is 0.915. The van der Waals surface area contributed by atoms with Crippen molar-refractivity contribution in [3.8, 4) is 11.5 Å². The fourth-order valence-electron chi connectivity index (χ4n) is 2.50. The van der Waals surface area contributed by atoms with Gasteiger partial charge in [-0.3, -0.25) is 0 Å². The van der Waals surface area contributed by atoms with E-state index in [4.69, 9.17) is 9.47 Å². The molecule has 1 atom stereocenters. The van der Waals surface area contributed by atoms with Gasteiger partial charge in [-0.05, 0) is 37.1 Å². The molecule has 3 nitrogen and oxygen atoms in total. The van der Waals surface area contributed by atoms with E-state index < -0.39 is 0 Å². The fourth-order valence-corrected chi connectivity index (χ4v) is 2.50. The smallest absolute Gasteiger partial charge is 0.231 e. The van der Waals surface area contributed by atoms with Gasteiger partial charge in [0.25, 0.3) is 0 Å². The maximum atomic E-state index is 13.2. The van der Waals surface area contributed by atoms with E-state index >= 15 is 0 Å². The monoisotopic (exact) mass is 287 g/mol. The van der Waals surface area contributed by atoms with Crippen LogP contribution in [0.1, 0.15) is 18.1 Å². The van der Waals surface area contributed by atoms with E-state index in [1.54, 1.807) is 12.1 Å². The van der Waals surface area contributed by atoms with Gasteiger partial charge in [0, 0.05) is 18.2 Å². The molecule has 0 saturated carbocycles. The minimum absolute atomic E-state index is 0.189. The average molecular weight is 287 g/mol. The lowest BCUT2D eigenvalue weighted by atomic mass is 10.1. The largest absolute Gasteiger partial charge is 0.454 e. The molecular weight excluding hydrogens is 269 g/mol. The van der Waals surface area contributed by atoms with Crippen molar-refractivity contribution in [2.75, 3.05) is 6.79 Å².